The fourth-order valence-corrected chi connectivity index (χ4v) is 3.08. The molecule has 6 heteroatoms. The second-order valence-corrected chi connectivity index (χ2v) is 6.14. The van der Waals surface area contributed by atoms with Crippen LogP contribution in [-0.4, -0.2) is 25.1 Å². The van der Waals surface area contributed by atoms with E-state index in [1.165, 1.54) is 5.56 Å². The Balaban J connectivity index is 1.46. The van der Waals surface area contributed by atoms with E-state index < -0.39 is 0 Å². The molecule has 5 aromatic rings. The summed E-state index contributed by atoms with van der Waals surface area (Å²) in [6.07, 6.45) is 3.60. The van der Waals surface area contributed by atoms with Gasteiger partial charge in [0.05, 0.1) is 16.6 Å². The summed E-state index contributed by atoms with van der Waals surface area (Å²) in [6, 6.07) is 18.2. The van der Waals surface area contributed by atoms with Crippen LogP contribution in [0, 0.1) is 0 Å². The summed E-state index contributed by atoms with van der Waals surface area (Å²) in [7, 11) is 0. The van der Waals surface area contributed by atoms with Gasteiger partial charge in [0.15, 0.2) is 5.82 Å². The van der Waals surface area contributed by atoms with Crippen molar-refractivity contribution in [1.29, 1.82) is 0 Å². The SMILES string of the molecule is c1ccc2c(-c3nc4ccc(NCc5ccncc5)cc4[nH]3)n[nH]c2c1. The summed E-state index contributed by atoms with van der Waals surface area (Å²) in [5, 5.41) is 12.0. The third-order valence-corrected chi connectivity index (χ3v) is 4.42. The van der Waals surface area contributed by atoms with Crippen LogP contribution in [0.1, 0.15) is 5.56 Å². The van der Waals surface area contributed by atoms with Crippen molar-refractivity contribution in [2.75, 3.05) is 5.32 Å². The number of H-pyrrole nitrogens is 2. The maximum atomic E-state index is 4.69. The molecule has 0 bridgehead atoms. The van der Waals surface area contributed by atoms with Gasteiger partial charge in [0.2, 0.25) is 0 Å². The number of nitrogens with zero attached hydrogens (tertiary/aromatic N) is 3. The Morgan fingerprint density at radius 2 is 1.81 bits per heavy atom. The van der Waals surface area contributed by atoms with Crippen LogP contribution in [0.15, 0.2) is 67.0 Å². The molecule has 3 heterocycles. The maximum Gasteiger partial charge on any atom is 0.159 e. The molecule has 0 aliphatic heterocycles. The van der Waals surface area contributed by atoms with Crippen molar-refractivity contribution in [2.45, 2.75) is 6.54 Å². The Hall–Kier alpha value is -3.67. The lowest BCUT2D eigenvalue weighted by Crippen LogP contribution is -1.98. The predicted octanol–water partition coefficient (Wildman–Crippen LogP) is 4.11. The van der Waals surface area contributed by atoms with Crippen LogP contribution in [-0.2, 0) is 6.54 Å². The number of hydrogen-bond acceptors (Lipinski definition) is 4. The number of hydrogen-bond donors (Lipinski definition) is 3. The van der Waals surface area contributed by atoms with Crippen LogP contribution in [0.5, 0.6) is 0 Å². The summed E-state index contributed by atoms with van der Waals surface area (Å²) < 4.78 is 0. The molecule has 0 aliphatic carbocycles. The van der Waals surface area contributed by atoms with Crippen LogP contribution >= 0.6 is 0 Å². The molecule has 3 aromatic heterocycles. The number of imidazole rings is 1. The van der Waals surface area contributed by atoms with E-state index in [0.717, 1.165) is 45.7 Å². The van der Waals surface area contributed by atoms with Crippen LogP contribution in [0.2, 0.25) is 0 Å². The molecule has 3 N–H and O–H groups in total. The topological polar surface area (TPSA) is 82.3 Å². The average molecular weight is 340 g/mol. The van der Waals surface area contributed by atoms with E-state index in [9.17, 15) is 0 Å². The molecule has 0 amide bonds. The highest BCUT2D eigenvalue weighted by Gasteiger charge is 2.12. The van der Waals surface area contributed by atoms with Gasteiger partial charge in [-0.3, -0.25) is 10.1 Å². The standard InChI is InChI=1S/C20H16N6/c1-2-4-16-15(3-1)19(26-25-16)20-23-17-6-5-14(11-18(17)24-20)22-12-13-7-9-21-10-8-13/h1-11,22H,12H2,(H,23,24)(H,25,26). The number of aromatic amines is 2. The van der Waals surface area contributed by atoms with Gasteiger partial charge in [0.25, 0.3) is 0 Å². The van der Waals surface area contributed by atoms with E-state index in [1.807, 2.05) is 48.5 Å². The number of benzene rings is 2. The molecule has 6 nitrogen and oxygen atoms in total. The smallest absolute Gasteiger partial charge is 0.159 e. The Bertz CT molecular complexity index is 1190. The molecule has 0 saturated heterocycles. The fourth-order valence-electron chi connectivity index (χ4n) is 3.08. The minimum absolute atomic E-state index is 0.749. The van der Waals surface area contributed by atoms with Crippen molar-refractivity contribution in [3.8, 4) is 11.5 Å². The van der Waals surface area contributed by atoms with Gasteiger partial charge in [-0.1, -0.05) is 18.2 Å². The first-order valence-electron chi connectivity index (χ1n) is 8.43. The van der Waals surface area contributed by atoms with Crippen LogP contribution in [0.25, 0.3) is 33.5 Å². The third kappa shape index (κ3) is 2.57. The molecule has 126 valence electrons. The summed E-state index contributed by atoms with van der Waals surface area (Å²) in [6.45, 7) is 0.749. The number of pyridine rings is 1. The number of para-hydroxylation sites is 1. The highest BCUT2D eigenvalue weighted by Crippen LogP contribution is 2.27. The second kappa shape index (κ2) is 6.00. The highest BCUT2D eigenvalue weighted by molar-refractivity contribution is 5.93. The molecular formula is C20H16N6. The minimum Gasteiger partial charge on any atom is -0.381 e. The predicted molar refractivity (Wildman–Crippen MR) is 103 cm³/mol. The van der Waals surface area contributed by atoms with E-state index in [4.69, 9.17) is 4.98 Å². The quantitative estimate of drug-likeness (QED) is 0.460. The van der Waals surface area contributed by atoms with Gasteiger partial charge in [0.1, 0.15) is 5.69 Å². The monoisotopic (exact) mass is 340 g/mol. The molecule has 0 unspecified atom stereocenters. The Morgan fingerprint density at radius 1 is 0.923 bits per heavy atom. The number of nitrogens with one attached hydrogen (secondary N) is 3. The Kier molecular flexibility index (Phi) is 3.38. The van der Waals surface area contributed by atoms with E-state index in [1.54, 1.807) is 12.4 Å². The van der Waals surface area contributed by atoms with Crippen LogP contribution in [0.3, 0.4) is 0 Å². The van der Waals surface area contributed by atoms with E-state index >= 15 is 0 Å². The lowest BCUT2D eigenvalue weighted by molar-refractivity contribution is 1.11. The fraction of sp³-hybridized carbons (Fsp3) is 0.0500. The maximum absolute atomic E-state index is 4.69. The van der Waals surface area contributed by atoms with E-state index in [2.05, 4.69) is 31.5 Å². The van der Waals surface area contributed by atoms with Crippen molar-refractivity contribution in [3.05, 3.63) is 72.6 Å². The van der Waals surface area contributed by atoms with Crippen molar-refractivity contribution < 1.29 is 0 Å². The zero-order valence-corrected chi connectivity index (χ0v) is 13.9. The molecule has 0 radical (unpaired) electrons. The van der Waals surface area contributed by atoms with Gasteiger partial charge in [-0.25, -0.2) is 4.98 Å². The Morgan fingerprint density at radius 3 is 2.73 bits per heavy atom. The molecular weight excluding hydrogens is 324 g/mol. The van der Waals surface area contributed by atoms with E-state index in [-0.39, 0.29) is 0 Å². The van der Waals surface area contributed by atoms with Gasteiger partial charge >= 0.3 is 0 Å². The van der Waals surface area contributed by atoms with Gasteiger partial charge in [-0.2, -0.15) is 5.10 Å². The number of anilines is 1. The lowest BCUT2D eigenvalue weighted by atomic mass is 10.2. The van der Waals surface area contributed by atoms with E-state index in [0.29, 0.717) is 0 Å². The van der Waals surface area contributed by atoms with Crippen molar-refractivity contribution >= 4 is 27.6 Å². The largest absolute Gasteiger partial charge is 0.381 e. The summed E-state index contributed by atoms with van der Waals surface area (Å²) >= 11 is 0. The molecule has 2 aromatic carbocycles. The molecule has 0 saturated carbocycles. The first kappa shape index (κ1) is 14.7. The van der Waals surface area contributed by atoms with Gasteiger partial charge in [-0.15, -0.1) is 0 Å². The van der Waals surface area contributed by atoms with Crippen molar-refractivity contribution in [3.63, 3.8) is 0 Å². The first-order valence-corrected chi connectivity index (χ1v) is 8.43. The summed E-state index contributed by atoms with van der Waals surface area (Å²) in [5.74, 6) is 0.767. The molecule has 0 fully saturated rings. The zero-order valence-electron chi connectivity index (χ0n) is 13.9. The number of rotatable bonds is 4. The minimum atomic E-state index is 0.749. The third-order valence-electron chi connectivity index (χ3n) is 4.42. The van der Waals surface area contributed by atoms with Gasteiger partial charge in [-0.05, 0) is 42.0 Å². The molecule has 5 rings (SSSR count). The second-order valence-electron chi connectivity index (χ2n) is 6.14. The van der Waals surface area contributed by atoms with Crippen molar-refractivity contribution in [2.24, 2.45) is 0 Å². The van der Waals surface area contributed by atoms with Gasteiger partial charge < -0.3 is 10.3 Å². The van der Waals surface area contributed by atoms with Crippen LogP contribution in [0.4, 0.5) is 5.69 Å². The number of fused-ring (bicyclic) bond motifs is 2. The highest BCUT2D eigenvalue weighted by atomic mass is 15.1. The molecule has 0 aliphatic rings. The lowest BCUT2D eigenvalue weighted by Gasteiger charge is -2.05. The Labute approximate surface area is 149 Å². The summed E-state index contributed by atoms with van der Waals surface area (Å²) in [5.41, 5.74) is 5.96. The molecule has 26 heavy (non-hydrogen) atoms. The molecule has 0 spiro atoms. The zero-order chi connectivity index (χ0) is 17.3. The van der Waals surface area contributed by atoms with Gasteiger partial charge in [0, 0.05) is 30.0 Å². The summed E-state index contributed by atoms with van der Waals surface area (Å²) in [4.78, 5) is 12.1. The number of aromatic nitrogens is 5. The molecule has 0 atom stereocenters. The average Bonchev–Trinajstić information content (AvgIpc) is 3.30. The normalized spacial score (nSPS) is 11.2. The first-order chi connectivity index (χ1) is 12.9. The van der Waals surface area contributed by atoms with Crippen molar-refractivity contribution in [1.82, 2.24) is 25.1 Å². The van der Waals surface area contributed by atoms with Crippen LogP contribution < -0.4 is 5.32 Å².